The molecule has 14 heavy (non-hydrogen) atoms. The Kier molecular flexibility index (Phi) is 6.85. The summed E-state index contributed by atoms with van der Waals surface area (Å²) < 4.78 is 0. The first-order chi connectivity index (χ1) is 6.78. The van der Waals surface area contributed by atoms with Crippen LogP contribution >= 0.6 is 0 Å². The molecule has 0 aliphatic heterocycles. The lowest BCUT2D eigenvalue weighted by Crippen LogP contribution is -2.16. The molecule has 0 amide bonds. The fourth-order valence-corrected chi connectivity index (χ4v) is 0.802. The van der Waals surface area contributed by atoms with E-state index in [1.807, 2.05) is 6.92 Å². The standard InChI is InChI=1S/C10H13N3O/c1-2-10(13-5-6-14)4-3-9(7-11)8-12/h3-4,13-14H,2,5-6H2,1H3. The number of nitrogens with zero attached hydrogens (tertiary/aromatic N) is 2. The minimum atomic E-state index is 0.0599. The van der Waals surface area contributed by atoms with Crippen molar-refractivity contribution >= 4 is 0 Å². The fourth-order valence-electron chi connectivity index (χ4n) is 0.802. The van der Waals surface area contributed by atoms with Crippen LogP contribution in [0, 0.1) is 22.7 Å². The van der Waals surface area contributed by atoms with Crippen molar-refractivity contribution in [2.45, 2.75) is 13.3 Å². The fraction of sp³-hybridized carbons (Fsp3) is 0.400. The van der Waals surface area contributed by atoms with Crippen LogP contribution in [0.25, 0.3) is 0 Å². The summed E-state index contributed by atoms with van der Waals surface area (Å²) in [5.74, 6) is 0. The molecule has 0 aromatic rings. The van der Waals surface area contributed by atoms with Gasteiger partial charge in [-0.1, -0.05) is 6.92 Å². The van der Waals surface area contributed by atoms with E-state index in [1.54, 1.807) is 18.2 Å². The lowest BCUT2D eigenvalue weighted by atomic mass is 10.2. The molecule has 0 unspecified atom stereocenters. The molecule has 0 spiro atoms. The summed E-state index contributed by atoms with van der Waals surface area (Å²) in [5, 5.41) is 28.5. The number of nitrogens with one attached hydrogen (secondary N) is 1. The number of aliphatic hydroxyl groups is 1. The van der Waals surface area contributed by atoms with Gasteiger partial charge < -0.3 is 10.4 Å². The van der Waals surface area contributed by atoms with Crippen molar-refractivity contribution in [2.24, 2.45) is 0 Å². The summed E-state index contributed by atoms with van der Waals surface area (Å²) in [5.41, 5.74) is 0.962. The zero-order chi connectivity index (χ0) is 10.8. The van der Waals surface area contributed by atoms with E-state index in [1.165, 1.54) is 6.08 Å². The molecule has 0 atom stereocenters. The summed E-state index contributed by atoms with van der Waals surface area (Å²) >= 11 is 0. The Hall–Kier alpha value is -1.78. The van der Waals surface area contributed by atoms with Gasteiger partial charge in [-0.15, -0.1) is 0 Å². The highest BCUT2D eigenvalue weighted by atomic mass is 16.3. The van der Waals surface area contributed by atoms with Crippen LogP contribution in [0.2, 0.25) is 0 Å². The average molecular weight is 191 g/mol. The van der Waals surface area contributed by atoms with Gasteiger partial charge >= 0.3 is 0 Å². The van der Waals surface area contributed by atoms with Gasteiger partial charge in [0.05, 0.1) is 6.61 Å². The van der Waals surface area contributed by atoms with E-state index >= 15 is 0 Å². The number of allylic oxidation sites excluding steroid dienone is 4. The quantitative estimate of drug-likeness (QED) is 0.498. The second-order valence-electron chi connectivity index (χ2n) is 2.50. The van der Waals surface area contributed by atoms with Crippen LogP contribution in [0.3, 0.4) is 0 Å². The van der Waals surface area contributed by atoms with Crippen LogP contribution in [0.15, 0.2) is 23.4 Å². The summed E-state index contributed by atoms with van der Waals surface area (Å²) in [7, 11) is 0. The molecule has 0 aliphatic rings. The smallest absolute Gasteiger partial charge is 0.129 e. The maximum atomic E-state index is 8.57. The van der Waals surface area contributed by atoms with Crippen molar-refractivity contribution in [3.63, 3.8) is 0 Å². The van der Waals surface area contributed by atoms with Gasteiger partial charge in [-0.2, -0.15) is 10.5 Å². The first-order valence-corrected chi connectivity index (χ1v) is 4.34. The number of hydrogen-bond donors (Lipinski definition) is 2. The van der Waals surface area contributed by atoms with Crippen molar-refractivity contribution in [3.8, 4) is 12.1 Å². The van der Waals surface area contributed by atoms with E-state index in [0.29, 0.717) is 6.54 Å². The molecule has 0 rings (SSSR count). The molecule has 74 valence electrons. The topological polar surface area (TPSA) is 79.8 Å². The Balaban J connectivity index is 4.39. The highest BCUT2D eigenvalue weighted by molar-refractivity contribution is 5.38. The maximum Gasteiger partial charge on any atom is 0.129 e. The van der Waals surface area contributed by atoms with Crippen molar-refractivity contribution in [1.82, 2.24) is 5.32 Å². The van der Waals surface area contributed by atoms with E-state index in [-0.39, 0.29) is 12.2 Å². The minimum Gasteiger partial charge on any atom is -0.395 e. The van der Waals surface area contributed by atoms with Crippen LogP contribution in [0.5, 0.6) is 0 Å². The summed E-state index contributed by atoms with van der Waals surface area (Å²) in [6.07, 6.45) is 3.90. The molecule has 4 nitrogen and oxygen atoms in total. The molecule has 4 heteroatoms. The van der Waals surface area contributed by atoms with E-state index in [4.69, 9.17) is 15.6 Å². The second kappa shape index (κ2) is 7.85. The van der Waals surface area contributed by atoms with Crippen LogP contribution in [0.4, 0.5) is 0 Å². The highest BCUT2D eigenvalue weighted by Crippen LogP contribution is 1.98. The molecule has 0 radical (unpaired) electrons. The van der Waals surface area contributed by atoms with E-state index < -0.39 is 0 Å². The molecular weight excluding hydrogens is 178 g/mol. The van der Waals surface area contributed by atoms with Gasteiger partial charge in [-0.3, -0.25) is 0 Å². The Bertz CT molecular complexity index is 288. The normalized spacial score (nSPS) is 9.86. The van der Waals surface area contributed by atoms with Gasteiger partial charge in [0.25, 0.3) is 0 Å². The van der Waals surface area contributed by atoms with Crippen LogP contribution < -0.4 is 5.32 Å². The predicted molar refractivity (Wildman–Crippen MR) is 52.8 cm³/mol. The molecule has 0 saturated carbocycles. The first kappa shape index (κ1) is 12.2. The van der Waals surface area contributed by atoms with Crippen LogP contribution in [0.1, 0.15) is 13.3 Å². The molecule has 0 saturated heterocycles. The molecule has 0 bridgehead atoms. The van der Waals surface area contributed by atoms with E-state index in [0.717, 1.165) is 12.1 Å². The van der Waals surface area contributed by atoms with Gasteiger partial charge in [0, 0.05) is 12.2 Å². The largest absolute Gasteiger partial charge is 0.395 e. The lowest BCUT2D eigenvalue weighted by molar-refractivity contribution is 0.296. The zero-order valence-corrected chi connectivity index (χ0v) is 8.12. The number of hydrogen-bond acceptors (Lipinski definition) is 4. The van der Waals surface area contributed by atoms with Crippen molar-refractivity contribution in [2.75, 3.05) is 13.2 Å². The molecular formula is C10H13N3O. The third kappa shape index (κ3) is 4.97. The van der Waals surface area contributed by atoms with Crippen molar-refractivity contribution in [3.05, 3.63) is 23.4 Å². The Labute approximate surface area is 83.8 Å². The third-order valence-corrected chi connectivity index (χ3v) is 1.54. The van der Waals surface area contributed by atoms with Crippen LogP contribution in [-0.4, -0.2) is 18.3 Å². The molecule has 0 aromatic heterocycles. The number of nitriles is 2. The van der Waals surface area contributed by atoms with Gasteiger partial charge in [-0.25, -0.2) is 0 Å². The number of rotatable bonds is 5. The van der Waals surface area contributed by atoms with Crippen molar-refractivity contribution < 1.29 is 5.11 Å². The van der Waals surface area contributed by atoms with Crippen LogP contribution in [-0.2, 0) is 0 Å². The van der Waals surface area contributed by atoms with Gasteiger partial charge in [0.2, 0.25) is 0 Å². The third-order valence-electron chi connectivity index (χ3n) is 1.54. The van der Waals surface area contributed by atoms with E-state index in [9.17, 15) is 0 Å². The number of aliphatic hydroxyl groups excluding tert-OH is 1. The average Bonchev–Trinajstić information content (AvgIpc) is 2.23. The molecule has 0 aliphatic carbocycles. The SMILES string of the molecule is CCC(=CC=C(C#N)C#N)NCCO. The molecule has 2 N–H and O–H groups in total. The summed E-state index contributed by atoms with van der Waals surface area (Å²) in [4.78, 5) is 0. The first-order valence-electron chi connectivity index (χ1n) is 4.34. The maximum absolute atomic E-state index is 8.57. The predicted octanol–water partition coefficient (Wildman–Crippen LogP) is 0.836. The summed E-state index contributed by atoms with van der Waals surface area (Å²) in [6, 6.07) is 3.53. The Morgan fingerprint density at radius 3 is 2.43 bits per heavy atom. The monoisotopic (exact) mass is 191 g/mol. The zero-order valence-electron chi connectivity index (χ0n) is 8.12. The molecule has 0 aromatic carbocycles. The van der Waals surface area contributed by atoms with E-state index in [2.05, 4.69) is 5.32 Å². The minimum absolute atomic E-state index is 0.0599. The highest BCUT2D eigenvalue weighted by Gasteiger charge is 1.92. The van der Waals surface area contributed by atoms with Gasteiger partial charge in [0.15, 0.2) is 0 Å². The lowest BCUT2D eigenvalue weighted by Gasteiger charge is -2.05. The molecule has 0 fully saturated rings. The van der Waals surface area contributed by atoms with Gasteiger partial charge in [0.1, 0.15) is 17.7 Å². The second-order valence-corrected chi connectivity index (χ2v) is 2.50. The van der Waals surface area contributed by atoms with Crippen molar-refractivity contribution in [1.29, 1.82) is 10.5 Å². The Morgan fingerprint density at radius 1 is 1.36 bits per heavy atom. The van der Waals surface area contributed by atoms with Gasteiger partial charge in [-0.05, 0) is 18.6 Å². The molecule has 0 heterocycles. The summed E-state index contributed by atoms with van der Waals surface area (Å²) in [6.45, 7) is 2.48. The Morgan fingerprint density at radius 2 is 2.00 bits per heavy atom.